The molecular weight excluding hydrogens is 211 g/mol. The molecule has 3 aliphatic rings. The molecule has 16 heavy (non-hydrogen) atoms. The highest BCUT2D eigenvalue weighted by Gasteiger charge is 2.80. The fourth-order valence-corrected chi connectivity index (χ4v) is 8.78. The lowest BCUT2D eigenvalue weighted by molar-refractivity contribution is 0.422. The highest BCUT2D eigenvalue weighted by molar-refractivity contribution is 7.77. The summed E-state index contributed by atoms with van der Waals surface area (Å²) >= 11 is 0. The summed E-state index contributed by atoms with van der Waals surface area (Å²) in [6.45, 7) is 0. The van der Waals surface area contributed by atoms with Crippen LogP contribution in [0.4, 0.5) is 0 Å². The molecule has 0 bridgehead atoms. The van der Waals surface area contributed by atoms with Crippen LogP contribution in [-0.4, -0.2) is 10.3 Å². The molecule has 0 amide bonds. The van der Waals surface area contributed by atoms with Crippen LogP contribution in [0.3, 0.4) is 0 Å². The van der Waals surface area contributed by atoms with Gasteiger partial charge in [-0.15, -0.1) is 0 Å². The van der Waals surface area contributed by atoms with Crippen LogP contribution in [0.5, 0.6) is 0 Å². The highest BCUT2D eigenvalue weighted by atomic mass is 31.1. The van der Waals surface area contributed by atoms with E-state index < -0.39 is 0 Å². The van der Waals surface area contributed by atoms with Gasteiger partial charge in [0.05, 0.1) is 0 Å². The van der Waals surface area contributed by atoms with Crippen LogP contribution >= 0.6 is 7.92 Å². The van der Waals surface area contributed by atoms with Crippen molar-refractivity contribution in [3.63, 3.8) is 0 Å². The van der Waals surface area contributed by atoms with Crippen molar-refractivity contribution in [2.24, 2.45) is 0 Å². The summed E-state index contributed by atoms with van der Waals surface area (Å²) in [5.74, 6) is 0. The SMILES string of the molecule is c1ccc(P2C3(CCCCC3)C23CC3)cc1. The minimum atomic E-state index is 0.220. The summed E-state index contributed by atoms with van der Waals surface area (Å²) in [6.07, 6.45) is 10.7. The number of hydrogen-bond acceptors (Lipinski definition) is 0. The molecule has 0 aromatic heterocycles. The second-order valence-electron chi connectivity index (χ2n) is 5.79. The molecule has 1 aromatic carbocycles. The largest absolute Gasteiger partial charge is 0.0622 e. The first-order chi connectivity index (χ1) is 7.89. The van der Waals surface area contributed by atoms with Crippen molar-refractivity contribution in [3.05, 3.63) is 30.3 Å². The molecule has 4 rings (SSSR count). The Morgan fingerprint density at radius 2 is 1.38 bits per heavy atom. The van der Waals surface area contributed by atoms with Gasteiger partial charge in [0.15, 0.2) is 0 Å². The minimum absolute atomic E-state index is 0.220. The van der Waals surface area contributed by atoms with Crippen molar-refractivity contribution in [3.8, 4) is 0 Å². The average molecular weight is 230 g/mol. The van der Waals surface area contributed by atoms with Gasteiger partial charge >= 0.3 is 0 Å². The Balaban J connectivity index is 1.71. The van der Waals surface area contributed by atoms with E-state index in [1.54, 1.807) is 31.0 Å². The molecule has 1 aliphatic heterocycles. The summed E-state index contributed by atoms with van der Waals surface area (Å²) in [6, 6.07) is 11.4. The lowest BCUT2D eigenvalue weighted by Gasteiger charge is -2.23. The first-order valence-corrected chi connectivity index (χ1v) is 8.09. The Kier molecular flexibility index (Phi) is 1.87. The maximum atomic E-state index is 2.40. The second kappa shape index (κ2) is 3.10. The van der Waals surface area contributed by atoms with Gasteiger partial charge in [-0.3, -0.25) is 0 Å². The van der Waals surface area contributed by atoms with Crippen molar-refractivity contribution in [1.82, 2.24) is 0 Å². The van der Waals surface area contributed by atoms with Gasteiger partial charge in [0, 0.05) is 10.3 Å². The third-order valence-electron chi connectivity index (χ3n) is 5.09. The monoisotopic (exact) mass is 230 g/mol. The van der Waals surface area contributed by atoms with E-state index in [4.69, 9.17) is 0 Å². The first-order valence-electron chi connectivity index (χ1n) is 6.75. The number of benzene rings is 1. The minimum Gasteiger partial charge on any atom is -0.0622 e. The number of hydrogen-bond donors (Lipinski definition) is 0. The molecule has 1 saturated heterocycles. The van der Waals surface area contributed by atoms with E-state index in [2.05, 4.69) is 30.3 Å². The molecule has 1 atom stereocenters. The van der Waals surface area contributed by atoms with Crippen LogP contribution < -0.4 is 5.30 Å². The van der Waals surface area contributed by atoms with Crippen molar-refractivity contribution >= 4 is 13.2 Å². The third kappa shape index (κ3) is 1.05. The van der Waals surface area contributed by atoms with E-state index in [1.165, 1.54) is 19.3 Å². The van der Waals surface area contributed by atoms with Gasteiger partial charge in [0.1, 0.15) is 0 Å². The molecular formula is C15H19P. The third-order valence-corrected chi connectivity index (χ3v) is 9.14. The topological polar surface area (TPSA) is 0 Å². The highest BCUT2D eigenvalue weighted by Crippen LogP contribution is 2.94. The smallest absolute Gasteiger partial charge is 0.00504 e. The summed E-state index contributed by atoms with van der Waals surface area (Å²) in [7, 11) is 0.220. The zero-order valence-corrected chi connectivity index (χ0v) is 10.7. The van der Waals surface area contributed by atoms with E-state index in [0.29, 0.717) is 0 Å². The summed E-state index contributed by atoms with van der Waals surface area (Å²) in [4.78, 5) is 0. The molecule has 0 radical (unpaired) electrons. The Morgan fingerprint density at radius 1 is 0.750 bits per heavy atom. The van der Waals surface area contributed by atoms with E-state index in [0.717, 1.165) is 10.3 Å². The van der Waals surface area contributed by atoms with Crippen molar-refractivity contribution < 1.29 is 0 Å². The molecule has 1 heteroatoms. The van der Waals surface area contributed by atoms with Crippen LogP contribution in [0, 0.1) is 0 Å². The average Bonchev–Trinajstić information content (AvgIpc) is 3.22. The predicted octanol–water partition coefficient (Wildman–Crippen LogP) is 4.04. The molecule has 2 spiro atoms. The standard InChI is InChI=1S/C15H19P/c1-3-7-13(8-4-1)16-14(15(16)11-12-15)9-5-2-6-10-14/h1,3-4,7-8H,2,5-6,9-12H2. The summed E-state index contributed by atoms with van der Waals surface area (Å²) in [5.41, 5.74) is 0. The van der Waals surface area contributed by atoms with E-state index in [1.807, 2.05) is 0 Å². The Hall–Kier alpha value is -0.350. The van der Waals surface area contributed by atoms with Crippen molar-refractivity contribution in [1.29, 1.82) is 0 Å². The molecule has 1 unspecified atom stereocenters. The molecule has 2 aliphatic carbocycles. The lowest BCUT2D eigenvalue weighted by atomic mass is 9.86. The van der Waals surface area contributed by atoms with Crippen LogP contribution in [0.2, 0.25) is 0 Å². The van der Waals surface area contributed by atoms with Gasteiger partial charge in [0.25, 0.3) is 0 Å². The zero-order valence-electron chi connectivity index (χ0n) is 9.78. The van der Waals surface area contributed by atoms with E-state index in [-0.39, 0.29) is 7.92 Å². The van der Waals surface area contributed by atoms with Crippen LogP contribution in [0.15, 0.2) is 30.3 Å². The van der Waals surface area contributed by atoms with Crippen LogP contribution in [0.25, 0.3) is 0 Å². The van der Waals surface area contributed by atoms with Gasteiger partial charge in [-0.1, -0.05) is 57.5 Å². The van der Waals surface area contributed by atoms with Crippen LogP contribution in [-0.2, 0) is 0 Å². The Bertz CT molecular complexity index is 399. The maximum Gasteiger partial charge on any atom is 0.00504 e. The van der Waals surface area contributed by atoms with Gasteiger partial charge in [0.2, 0.25) is 0 Å². The predicted molar refractivity (Wildman–Crippen MR) is 70.8 cm³/mol. The molecule has 1 heterocycles. The molecule has 1 aromatic rings. The molecule has 84 valence electrons. The van der Waals surface area contributed by atoms with Gasteiger partial charge in [-0.25, -0.2) is 0 Å². The van der Waals surface area contributed by atoms with E-state index >= 15 is 0 Å². The Morgan fingerprint density at radius 3 is 2.00 bits per heavy atom. The van der Waals surface area contributed by atoms with Gasteiger partial charge in [-0.2, -0.15) is 0 Å². The molecule has 0 N–H and O–H groups in total. The van der Waals surface area contributed by atoms with Gasteiger partial charge < -0.3 is 0 Å². The van der Waals surface area contributed by atoms with Crippen molar-refractivity contribution in [2.45, 2.75) is 55.3 Å². The van der Waals surface area contributed by atoms with Crippen molar-refractivity contribution in [2.75, 3.05) is 0 Å². The van der Waals surface area contributed by atoms with E-state index in [9.17, 15) is 0 Å². The Labute approximate surface area is 99.2 Å². The molecule has 0 nitrogen and oxygen atoms in total. The molecule has 3 fully saturated rings. The van der Waals surface area contributed by atoms with Crippen LogP contribution in [0.1, 0.15) is 44.9 Å². The number of rotatable bonds is 1. The normalized spacial score (nSPS) is 32.9. The fourth-order valence-electron chi connectivity index (χ4n) is 4.27. The quantitative estimate of drug-likeness (QED) is 0.639. The van der Waals surface area contributed by atoms with Gasteiger partial charge in [-0.05, 0) is 31.0 Å². The number of fused-ring (bicyclic) bond motifs is 1. The summed E-state index contributed by atoms with van der Waals surface area (Å²) in [5, 5.41) is 3.38. The fraction of sp³-hybridized carbons (Fsp3) is 0.600. The maximum absolute atomic E-state index is 2.40. The second-order valence-corrected chi connectivity index (χ2v) is 8.69. The lowest BCUT2D eigenvalue weighted by Crippen LogP contribution is -2.19. The first kappa shape index (κ1) is 9.66. The molecule has 2 saturated carbocycles. The zero-order chi connectivity index (χ0) is 10.6. The summed E-state index contributed by atoms with van der Waals surface area (Å²) < 4.78 is 0.